The Morgan fingerprint density at radius 3 is 2.35 bits per heavy atom. The fourth-order valence-electron chi connectivity index (χ4n) is 3.78. The van der Waals surface area contributed by atoms with Crippen LogP contribution in [0.4, 0.5) is 0 Å². The molecular formula is C27H26N2O4S. The molecule has 4 rings (SSSR count). The topological polar surface area (TPSA) is 60.0 Å². The summed E-state index contributed by atoms with van der Waals surface area (Å²) in [4.78, 5) is 14.8. The zero-order chi connectivity index (χ0) is 24.1. The van der Waals surface area contributed by atoms with Crippen LogP contribution in [0.2, 0.25) is 0 Å². The second-order valence-electron chi connectivity index (χ2n) is 7.79. The molecule has 34 heavy (non-hydrogen) atoms. The molecule has 7 heteroatoms. The first-order valence-electron chi connectivity index (χ1n) is 10.8. The second kappa shape index (κ2) is 10.4. The van der Waals surface area contributed by atoms with Crippen molar-refractivity contribution in [2.45, 2.75) is 19.6 Å². The predicted molar refractivity (Wildman–Crippen MR) is 136 cm³/mol. The molecule has 174 valence electrons. The van der Waals surface area contributed by atoms with Crippen LogP contribution in [0.1, 0.15) is 29.7 Å². The number of amides is 1. The molecule has 1 aliphatic rings. The number of thiocarbonyl (C=S) groups is 1. The highest BCUT2D eigenvalue weighted by molar-refractivity contribution is 7.80. The van der Waals surface area contributed by atoms with Crippen molar-refractivity contribution in [3.8, 4) is 17.2 Å². The number of rotatable bonds is 8. The summed E-state index contributed by atoms with van der Waals surface area (Å²) in [6, 6.07) is 22.7. The number of ether oxygens (including phenoxy) is 3. The highest BCUT2D eigenvalue weighted by atomic mass is 32.1. The molecule has 0 spiro atoms. The van der Waals surface area contributed by atoms with Gasteiger partial charge in [-0.25, -0.2) is 0 Å². The zero-order valence-corrected chi connectivity index (χ0v) is 20.1. The largest absolute Gasteiger partial charge is 0.497 e. The van der Waals surface area contributed by atoms with E-state index in [0.717, 1.165) is 28.2 Å². The Bertz CT molecular complexity index is 1210. The van der Waals surface area contributed by atoms with Crippen molar-refractivity contribution in [2.24, 2.45) is 0 Å². The summed E-state index contributed by atoms with van der Waals surface area (Å²) in [6.45, 7) is 2.27. The van der Waals surface area contributed by atoms with Crippen LogP contribution in [0, 0.1) is 0 Å². The summed E-state index contributed by atoms with van der Waals surface area (Å²) in [5.74, 6) is 2.03. The number of methoxy groups -OCH3 is 2. The van der Waals surface area contributed by atoms with Gasteiger partial charge in [0, 0.05) is 5.56 Å². The van der Waals surface area contributed by atoms with Crippen LogP contribution in [0.25, 0.3) is 6.08 Å². The molecule has 1 heterocycles. The Morgan fingerprint density at radius 2 is 1.68 bits per heavy atom. The summed E-state index contributed by atoms with van der Waals surface area (Å²) >= 11 is 5.47. The van der Waals surface area contributed by atoms with Crippen LogP contribution in [-0.4, -0.2) is 30.1 Å². The molecule has 3 aromatic rings. The lowest BCUT2D eigenvalue weighted by Crippen LogP contribution is -2.33. The molecule has 3 aromatic carbocycles. The van der Waals surface area contributed by atoms with E-state index in [2.05, 4.69) is 5.32 Å². The molecule has 1 aliphatic heterocycles. The van der Waals surface area contributed by atoms with E-state index in [-0.39, 0.29) is 11.9 Å². The Labute approximate surface area is 204 Å². The van der Waals surface area contributed by atoms with Crippen molar-refractivity contribution < 1.29 is 19.0 Å². The molecule has 0 radical (unpaired) electrons. The molecule has 0 saturated carbocycles. The van der Waals surface area contributed by atoms with E-state index in [1.807, 2.05) is 79.7 Å². The molecule has 1 unspecified atom stereocenters. The molecule has 1 amide bonds. The van der Waals surface area contributed by atoms with Gasteiger partial charge in [0.25, 0.3) is 5.91 Å². The van der Waals surface area contributed by atoms with Gasteiger partial charge >= 0.3 is 0 Å². The van der Waals surface area contributed by atoms with Crippen LogP contribution in [0.15, 0.2) is 78.5 Å². The lowest BCUT2D eigenvalue weighted by molar-refractivity contribution is -0.123. The molecule has 1 saturated heterocycles. The van der Waals surface area contributed by atoms with Crippen molar-refractivity contribution in [1.82, 2.24) is 10.2 Å². The van der Waals surface area contributed by atoms with Crippen molar-refractivity contribution in [2.75, 3.05) is 14.2 Å². The molecule has 1 atom stereocenters. The Balaban J connectivity index is 1.53. The first-order chi connectivity index (χ1) is 16.5. The van der Waals surface area contributed by atoms with Gasteiger partial charge in [-0.3, -0.25) is 9.69 Å². The van der Waals surface area contributed by atoms with Gasteiger partial charge in [0.2, 0.25) is 0 Å². The summed E-state index contributed by atoms with van der Waals surface area (Å²) in [6.07, 6.45) is 1.79. The van der Waals surface area contributed by atoms with Crippen molar-refractivity contribution in [1.29, 1.82) is 0 Å². The Kier molecular flexibility index (Phi) is 7.13. The maximum Gasteiger partial charge on any atom is 0.277 e. The molecule has 1 N–H and O–H groups in total. The lowest BCUT2D eigenvalue weighted by Gasteiger charge is -2.23. The monoisotopic (exact) mass is 474 g/mol. The quantitative estimate of drug-likeness (QED) is 0.362. The Hall–Kier alpha value is -3.84. The molecule has 0 aliphatic carbocycles. The number of nitrogens with zero attached hydrogens (tertiary/aromatic N) is 1. The first kappa shape index (κ1) is 23.3. The average molecular weight is 475 g/mol. The van der Waals surface area contributed by atoms with Gasteiger partial charge in [0.15, 0.2) is 5.11 Å². The maximum absolute atomic E-state index is 13.2. The fourth-order valence-corrected chi connectivity index (χ4v) is 4.13. The summed E-state index contributed by atoms with van der Waals surface area (Å²) in [7, 11) is 3.24. The number of hydrogen-bond acceptors (Lipinski definition) is 5. The summed E-state index contributed by atoms with van der Waals surface area (Å²) in [5, 5.41) is 3.46. The third-order valence-electron chi connectivity index (χ3n) is 5.65. The van der Waals surface area contributed by atoms with E-state index in [9.17, 15) is 4.79 Å². The first-order valence-corrected chi connectivity index (χ1v) is 11.3. The van der Waals surface area contributed by atoms with Gasteiger partial charge in [0.05, 0.1) is 20.3 Å². The highest BCUT2D eigenvalue weighted by Gasteiger charge is 2.34. The maximum atomic E-state index is 13.2. The van der Waals surface area contributed by atoms with E-state index in [1.165, 1.54) is 0 Å². The van der Waals surface area contributed by atoms with E-state index in [1.54, 1.807) is 25.2 Å². The van der Waals surface area contributed by atoms with Crippen LogP contribution in [0.3, 0.4) is 0 Å². The zero-order valence-electron chi connectivity index (χ0n) is 19.3. The van der Waals surface area contributed by atoms with Crippen LogP contribution < -0.4 is 19.5 Å². The van der Waals surface area contributed by atoms with E-state index in [0.29, 0.717) is 23.2 Å². The minimum atomic E-state index is -0.177. The fraction of sp³-hybridized carbons (Fsp3) is 0.185. The molecule has 0 aromatic heterocycles. The standard InChI is InChI=1S/C27H26N2O4S/c1-18(20-7-5-4-6-8-20)29-26(30)24(28-27(29)34)16-19-9-14-25(32-3)21(15-19)17-33-23-12-10-22(31-2)11-13-23/h4-16,18H,17H2,1-3H3,(H,28,34)/b24-16-. The van der Waals surface area contributed by atoms with Gasteiger partial charge in [-0.05, 0) is 72.7 Å². The van der Waals surface area contributed by atoms with Gasteiger partial charge in [-0.15, -0.1) is 0 Å². The van der Waals surface area contributed by atoms with Gasteiger partial charge in [-0.1, -0.05) is 36.4 Å². The molecule has 0 bridgehead atoms. The van der Waals surface area contributed by atoms with E-state index < -0.39 is 0 Å². The van der Waals surface area contributed by atoms with Crippen LogP contribution in [0.5, 0.6) is 17.2 Å². The number of carbonyl (C=O) groups is 1. The highest BCUT2D eigenvalue weighted by Crippen LogP contribution is 2.28. The number of benzene rings is 3. The van der Waals surface area contributed by atoms with Crippen molar-refractivity contribution in [3.63, 3.8) is 0 Å². The average Bonchev–Trinajstić information content (AvgIpc) is 3.15. The summed E-state index contributed by atoms with van der Waals surface area (Å²) in [5.41, 5.74) is 3.14. The van der Waals surface area contributed by atoms with Crippen molar-refractivity contribution in [3.05, 3.63) is 95.2 Å². The minimum absolute atomic E-state index is 0.159. The molecular weight excluding hydrogens is 448 g/mol. The number of nitrogens with one attached hydrogen (secondary N) is 1. The smallest absolute Gasteiger partial charge is 0.277 e. The van der Waals surface area contributed by atoms with Gasteiger partial charge in [0.1, 0.15) is 29.6 Å². The lowest BCUT2D eigenvalue weighted by atomic mass is 10.1. The van der Waals surface area contributed by atoms with Crippen LogP contribution >= 0.6 is 12.2 Å². The second-order valence-corrected chi connectivity index (χ2v) is 8.17. The Morgan fingerprint density at radius 1 is 0.971 bits per heavy atom. The van der Waals surface area contributed by atoms with Crippen molar-refractivity contribution >= 4 is 29.3 Å². The van der Waals surface area contributed by atoms with E-state index >= 15 is 0 Å². The minimum Gasteiger partial charge on any atom is -0.497 e. The third kappa shape index (κ3) is 5.05. The normalized spacial score (nSPS) is 15.3. The van der Waals surface area contributed by atoms with Gasteiger partial charge < -0.3 is 19.5 Å². The van der Waals surface area contributed by atoms with Gasteiger partial charge in [-0.2, -0.15) is 0 Å². The predicted octanol–water partition coefficient (Wildman–Crippen LogP) is 5.10. The molecule has 6 nitrogen and oxygen atoms in total. The van der Waals surface area contributed by atoms with E-state index in [4.69, 9.17) is 26.4 Å². The third-order valence-corrected chi connectivity index (χ3v) is 5.95. The summed E-state index contributed by atoms with van der Waals surface area (Å²) < 4.78 is 16.6. The van der Waals surface area contributed by atoms with Crippen LogP contribution in [-0.2, 0) is 11.4 Å². The number of hydrogen-bond donors (Lipinski definition) is 1. The SMILES string of the molecule is COc1ccc(OCc2cc(/C=C3\NC(=S)N(C(C)c4ccccc4)C3=O)ccc2OC)cc1. The molecule has 1 fully saturated rings. The number of carbonyl (C=O) groups excluding carboxylic acids is 1.